The van der Waals surface area contributed by atoms with Crippen molar-refractivity contribution in [3.63, 3.8) is 0 Å². The Balaban J connectivity index is 2.69. The molecule has 1 amide bonds. The Morgan fingerprint density at radius 3 is 2.55 bits per heavy atom. The molecule has 0 atom stereocenters. The van der Waals surface area contributed by atoms with E-state index in [1.54, 1.807) is 19.0 Å². The van der Waals surface area contributed by atoms with E-state index >= 15 is 0 Å². The quantitative estimate of drug-likeness (QED) is 0.858. The summed E-state index contributed by atoms with van der Waals surface area (Å²) in [6.45, 7) is 7.44. The van der Waals surface area contributed by atoms with Crippen molar-refractivity contribution < 1.29 is 9.53 Å². The molecule has 0 unspecified atom stereocenters. The maximum absolute atomic E-state index is 12.4. The Morgan fingerprint density at radius 1 is 1.30 bits per heavy atom. The molecule has 1 aromatic carbocycles. The lowest BCUT2D eigenvalue weighted by atomic mass is 10.1. The van der Waals surface area contributed by atoms with Crippen LogP contribution >= 0.6 is 0 Å². The molecule has 4 heteroatoms. The first kappa shape index (κ1) is 14.4. The first-order valence-electron chi connectivity index (χ1n) is 6.98. The monoisotopic (exact) mass is 274 g/mol. The van der Waals surface area contributed by atoms with Gasteiger partial charge in [0.1, 0.15) is 11.4 Å². The number of hydrogen-bond acceptors (Lipinski definition) is 2. The highest BCUT2D eigenvalue weighted by Crippen LogP contribution is 2.29. The van der Waals surface area contributed by atoms with Crippen molar-refractivity contribution in [1.82, 2.24) is 9.47 Å². The zero-order chi connectivity index (χ0) is 14.9. The number of benzene rings is 1. The third kappa shape index (κ3) is 2.26. The van der Waals surface area contributed by atoms with Crippen molar-refractivity contribution in [2.75, 3.05) is 20.7 Å². The summed E-state index contributed by atoms with van der Waals surface area (Å²) >= 11 is 0. The predicted octanol–water partition coefficient (Wildman–Crippen LogP) is 3.07. The van der Waals surface area contributed by atoms with Gasteiger partial charge in [0.05, 0.1) is 6.61 Å². The second-order valence-electron chi connectivity index (χ2n) is 5.03. The number of aryl methyl sites for hydroxylation is 2. The molecule has 1 aromatic heterocycles. The Bertz CT molecular complexity index is 641. The molecule has 0 saturated carbocycles. The minimum absolute atomic E-state index is 0.0403. The van der Waals surface area contributed by atoms with Gasteiger partial charge in [0.2, 0.25) is 0 Å². The van der Waals surface area contributed by atoms with Gasteiger partial charge in [-0.25, -0.2) is 0 Å². The number of hydrogen-bond donors (Lipinski definition) is 0. The summed E-state index contributed by atoms with van der Waals surface area (Å²) in [6.07, 6.45) is 0. The third-order valence-corrected chi connectivity index (χ3v) is 3.52. The van der Waals surface area contributed by atoms with Crippen molar-refractivity contribution in [3.8, 4) is 5.75 Å². The molecule has 20 heavy (non-hydrogen) atoms. The van der Waals surface area contributed by atoms with E-state index in [0.29, 0.717) is 6.61 Å². The average molecular weight is 274 g/mol. The van der Waals surface area contributed by atoms with Crippen LogP contribution in [-0.4, -0.2) is 36.1 Å². The molecule has 0 aliphatic carbocycles. The zero-order valence-corrected chi connectivity index (χ0v) is 12.9. The maximum Gasteiger partial charge on any atom is 0.270 e. The first-order valence-corrected chi connectivity index (χ1v) is 6.98. The molecule has 0 radical (unpaired) electrons. The van der Waals surface area contributed by atoms with Crippen molar-refractivity contribution in [2.24, 2.45) is 0 Å². The lowest BCUT2D eigenvalue weighted by Crippen LogP contribution is -2.25. The Labute approximate surface area is 119 Å². The number of amides is 1. The minimum Gasteiger partial charge on any atom is -0.494 e. The van der Waals surface area contributed by atoms with Crippen LogP contribution in [0.3, 0.4) is 0 Å². The molecule has 0 aliphatic heterocycles. The molecule has 0 saturated heterocycles. The van der Waals surface area contributed by atoms with Gasteiger partial charge in [-0.05, 0) is 44.5 Å². The van der Waals surface area contributed by atoms with E-state index in [2.05, 4.69) is 11.5 Å². The number of ether oxygens (including phenoxy) is 1. The summed E-state index contributed by atoms with van der Waals surface area (Å²) < 4.78 is 7.63. The second-order valence-corrected chi connectivity index (χ2v) is 5.03. The Hall–Kier alpha value is -1.97. The molecule has 108 valence electrons. The van der Waals surface area contributed by atoms with E-state index in [4.69, 9.17) is 4.74 Å². The molecule has 0 spiro atoms. The van der Waals surface area contributed by atoms with Crippen LogP contribution in [-0.2, 0) is 6.54 Å². The first-order chi connectivity index (χ1) is 9.51. The largest absolute Gasteiger partial charge is 0.494 e. The van der Waals surface area contributed by atoms with Crippen molar-refractivity contribution in [2.45, 2.75) is 27.3 Å². The van der Waals surface area contributed by atoms with Crippen molar-refractivity contribution >= 4 is 16.8 Å². The van der Waals surface area contributed by atoms with Gasteiger partial charge in [0, 0.05) is 31.5 Å². The van der Waals surface area contributed by atoms with E-state index < -0.39 is 0 Å². The molecule has 2 aromatic rings. The van der Waals surface area contributed by atoms with Gasteiger partial charge in [-0.1, -0.05) is 0 Å². The van der Waals surface area contributed by atoms with Gasteiger partial charge < -0.3 is 14.2 Å². The highest BCUT2D eigenvalue weighted by Gasteiger charge is 2.21. The summed E-state index contributed by atoms with van der Waals surface area (Å²) in [5.41, 5.74) is 2.86. The highest BCUT2D eigenvalue weighted by atomic mass is 16.5. The van der Waals surface area contributed by atoms with E-state index in [1.807, 2.05) is 32.0 Å². The van der Waals surface area contributed by atoms with Crippen LogP contribution in [0.15, 0.2) is 18.2 Å². The standard InChI is InChI=1S/C16H22N2O2/c1-6-18-14-9-8-12(20-7-2)10-13(14)11(3)15(18)16(19)17(4)5/h8-10H,6-7H2,1-5H3. The van der Waals surface area contributed by atoms with Crippen LogP contribution in [0.1, 0.15) is 29.9 Å². The molecular weight excluding hydrogens is 252 g/mol. The molecule has 4 nitrogen and oxygen atoms in total. The normalized spacial score (nSPS) is 10.8. The van der Waals surface area contributed by atoms with E-state index in [-0.39, 0.29) is 5.91 Å². The summed E-state index contributed by atoms with van der Waals surface area (Å²) in [7, 11) is 3.57. The summed E-state index contributed by atoms with van der Waals surface area (Å²) in [5, 5.41) is 1.09. The van der Waals surface area contributed by atoms with Gasteiger partial charge in [-0.2, -0.15) is 0 Å². The second kappa shape index (κ2) is 5.57. The predicted molar refractivity (Wildman–Crippen MR) is 81.5 cm³/mol. The van der Waals surface area contributed by atoms with Crippen LogP contribution in [0.5, 0.6) is 5.75 Å². The van der Waals surface area contributed by atoms with E-state index in [9.17, 15) is 4.79 Å². The molecule has 0 aliphatic rings. The fraction of sp³-hybridized carbons (Fsp3) is 0.438. The van der Waals surface area contributed by atoms with Gasteiger partial charge in [-0.3, -0.25) is 4.79 Å². The summed E-state index contributed by atoms with van der Waals surface area (Å²) in [6, 6.07) is 6.01. The minimum atomic E-state index is 0.0403. The van der Waals surface area contributed by atoms with Crippen LogP contribution in [0.4, 0.5) is 0 Å². The number of carbonyl (C=O) groups excluding carboxylic acids is 1. The SMILES string of the molecule is CCOc1ccc2c(c1)c(C)c(C(=O)N(C)C)n2CC. The molecule has 0 fully saturated rings. The fourth-order valence-corrected chi connectivity index (χ4v) is 2.57. The highest BCUT2D eigenvalue weighted by molar-refractivity contribution is 6.01. The van der Waals surface area contributed by atoms with Crippen LogP contribution < -0.4 is 4.74 Å². The number of aromatic nitrogens is 1. The summed E-state index contributed by atoms with van der Waals surface area (Å²) in [5.74, 6) is 0.888. The van der Waals surface area contributed by atoms with E-state index in [1.165, 1.54) is 0 Å². The molecule has 1 heterocycles. The van der Waals surface area contributed by atoms with Gasteiger partial charge in [0.15, 0.2) is 0 Å². The van der Waals surface area contributed by atoms with Crippen molar-refractivity contribution in [3.05, 3.63) is 29.5 Å². The Kier molecular flexibility index (Phi) is 4.02. The van der Waals surface area contributed by atoms with Crippen LogP contribution in [0.2, 0.25) is 0 Å². The molecule has 2 rings (SSSR count). The lowest BCUT2D eigenvalue weighted by Gasteiger charge is -2.13. The van der Waals surface area contributed by atoms with Crippen molar-refractivity contribution in [1.29, 1.82) is 0 Å². The molecule has 0 bridgehead atoms. The van der Waals surface area contributed by atoms with Gasteiger partial charge >= 0.3 is 0 Å². The fourth-order valence-electron chi connectivity index (χ4n) is 2.57. The molecule has 0 N–H and O–H groups in total. The third-order valence-electron chi connectivity index (χ3n) is 3.52. The maximum atomic E-state index is 12.4. The van der Waals surface area contributed by atoms with Crippen LogP contribution in [0.25, 0.3) is 10.9 Å². The van der Waals surface area contributed by atoms with Crippen LogP contribution in [0, 0.1) is 6.92 Å². The van der Waals surface area contributed by atoms with Gasteiger partial charge in [0.25, 0.3) is 5.91 Å². The lowest BCUT2D eigenvalue weighted by molar-refractivity contribution is 0.0817. The average Bonchev–Trinajstić information content (AvgIpc) is 2.70. The zero-order valence-electron chi connectivity index (χ0n) is 12.9. The Morgan fingerprint density at radius 2 is 2.00 bits per heavy atom. The topological polar surface area (TPSA) is 34.5 Å². The number of nitrogens with zero attached hydrogens (tertiary/aromatic N) is 2. The number of carbonyl (C=O) groups is 1. The number of fused-ring (bicyclic) bond motifs is 1. The van der Waals surface area contributed by atoms with E-state index in [0.717, 1.165) is 34.5 Å². The number of rotatable bonds is 4. The molecular formula is C16H22N2O2. The van der Waals surface area contributed by atoms with Gasteiger partial charge in [-0.15, -0.1) is 0 Å². The summed E-state index contributed by atoms with van der Waals surface area (Å²) in [4.78, 5) is 14.0. The smallest absolute Gasteiger partial charge is 0.270 e.